The molecule has 0 spiro atoms. The molecule has 0 aromatic heterocycles. The van der Waals surface area contributed by atoms with E-state index in [1.54, 1.807) is 26.2 Å². The van der Waals surface area contributed by atoms with Gasteiger partial charge in [0, 0.05) is 5.56 Å². The van der Waals surface area contributed by atoms with Crippen molar-refractivity contribution in [1.82, 2.24) is 0 Å². The first kappa shape index (κ1) is 17.8. The maximum absolute atomic E-state index is 12.1. The number of ether oxygens (including phenoxy) is 3. The summed E-state index contributed by atoms with van der Waals surface area (Å²) in [5, 5.41) is 9.97. The fourth-order valence-electron chi connectivity index (χ4n) is 2.63. The molecule has 0 aliphatic carbocycles. The molecule has 0 saturated carbocycles. The van der Waals surface area contributed by atoms with Gasteiger partial charge in [-0.25, -0.2) is 0 Å². The number of benzene rings is 1. The van der Waals surface area contributed by atoms with E-state index in [4.69, 9.17) is 14.2 Å². The Labute approximate surface area is 137 Å². The Morgan fingerprint density at radius 1 is 1.35 bits per heavy atom. The van der Waals surface area contributed by atoms with Gasteiger partial charge in [-0.1, -0.05) is 26.2 Å². The number of fused-ring (bicyclic) bond motifs is 1. The van der Waals surface area contributed by atoms with Crippen LogP contribution in [0.25, 0.3) is 0 Å². The number of hydrogen-bond donors (Lipinski definition) is 1. The fraction of sp³-hybridized carbons (Fsp3) is 0.611. The second-order valence-electron chi connectivity index (χ2n) is 5.94. The summed E-state index contributed by atoms with van der Waals surface area (Å²) < 4.78 is 16.5. The van der Waals surface area contributed by atoms with Crippen molar-refractivity contribution >= 4 is 5.78 Å². The quantitative estimate of drug-likeness (QED) is 0.745. The number of hydrogen-bond acceptors (Lipinski definition) is 5. The van der Waals surface area contributed by atoms with Crippen molar-refractivity contribution in [2.45, 2.75) is 58.3 Å². The third kappa shape index (κ3) is 4.45. The first-order valence-electron chi connectivity index (χ1n) is 8.24. The largest absolute Gasteiger partial charge is 0.493 e. The van der Waals surface area contributed by atoms with Crippen molar-refractivity contribution in [3.63, 3.8) is 0 Å². The number of rotatable bonds is 8. The van der Waals surface area contributed by atoms with Gasteiger partial charge in [0.25, 0.3) is 0 Å². The number of unbranched alkanes of at least 4 members (excludes halogenated alkanes) is 2. The lowest BCUT2D eigenvalue weighted by Crippen LogP contribution is -2.27. The van der Waals surface area contributed by atoms with Gasteiger partial charge in [-0.15, -0.1) is 0 Å². The first-order valence-corrected chi connectivity index (χ1v) is 8.24. The highest BCUT2D eigenvalue weighted by molar-refractivity contribution is 6.01. The number of aliphatic hydroxyl groups is 1. The number of carbonyl (C=O) groups excluding carboxylic acids is 1. The summed E-state index contributed by atoms with van der Waals surface area (Å²) in [7, 11) is 1.54. The molecule has 1 aromatic rings. The molecule has 1 heterocycles. The van der Waals surface area contributed by atoms with Crippen molar-refractivity contribution in [2.24, 2.45) is 0 Å². The van der Waals surface area contributed by atoms with E-state index in [0.29, 0.717) is 23.7 Å². The van der Waals surface area contributed by atoms with Crippen LogP contribution in [0.5, 0.6) is 11.5 Å². The van der Waals surface area contributed by atoms with Crippen LogP contribution in [0, 0.1) is 0 Å². The van der Waals surface area contributed by atoms with Gasteiger partial charge < -0.3 is 19.3 Å². The molecular weight excluding hydrogens is 296 g/mol. The molecule has 23 heavy (non-hydrogen) atoms. The molecule has 2 atom stereocenters. The molecule has 0 fully saturated rings. The lowest BCUT2D eigenvalue weighted by atomic mass is 9.97. The summed E-state index contributed by atoms with van der Waals surface area (Å²) in [6.45, 7) is 4.46. The number of ketones is 1. The van der Waals surface area contributed by atoms with Crippen LogP contribution >= 0.6 is 0 Å². The normalized spacial score (nSPS) is 18.4. The maximum Gasteiger partial charge on any atom is 0.191 e. The van der Waals surface area contributed by atoms with Crippen molar-refractivity contribution in [3.8, 4) is 11.5 Å². The Morgan fingerprint density at radius 2 is 2.13 bits per heavy atom. The van der Waals surface area contributed by atoms with Gasteiger partial charge >= 0.3 is 0 Å². The highest BCUT2D eigenvalue weighted by Gasteiger charge is 2.26. The average Bonchev–Trinajstić information content (AvgIpc) is 2.56. The number of methoxy groups -OCH3 is 1. The zero-order valence-corrected chi connectivity index (χ0v) is 14.1. The van der Waals surface area contributed by atoms with Crippen molar-refractivity contribution in [2.75, 3.05) is 13.7 Å². The Hall–Kier alpha value is -1.59. The highest BCUT2D eigenvalue weighted by Crippen LogP contribution is 2.34. The second-order valence-corrected chi connectivity index (χ2v) is 5.94. The van der Waals surface area contributed by atoms with Crippen LogP contribution in [-0.4, -0.2) is 36.8 Å². The molecule has 0 amide bonds. The predicted molar refractivity (Wildman–Crippen MR) is 87.2 cm³/mol. The summed E-state index contributed by atoms with van der Waals surface area (Å²) in [4.78, 5) is 12.1. The van der Waals surface area contributed by atoms with Gasteiger partial charge in [0.15, 0.2) is 17.3 Å². The van der Waals surface area contributed by atoms with Gasteiger partial charge in [0.05, 0.1) is 19.8 Å². The zero-order chi connectivity index (χ0) is 16.8. The molecule has 1 aromatic carbocycles. The van der Waals surface area contributed by atoms with E-state index in [9.17, 15) is 9.90 Å². The summed E-state index contributed by atoms with van der Waals surface area (Å²) in [5.41, 5.74) is 1.42. The summed E-state index contributed by atoms with van der Waals surface area (Å²) in [5.74, 6) is 0.995. The van der Waals surface area contributed by atoms with Crippen LogP contribution in [0.2, 0.25) is 0 Å². The van der Waals surface area contributed by atoms with Crippen LogP contribution in [0.1, 0.15) is 55.5 Å². The van der Waals surface area contributed by atoms with Crippen LogP contribution in [0.15, 0.2) is 12.1 Å². The lowest BCUT2D eigenvalue weighted by Gasteiger charge is -2.23. The average molecular weight is 322 g/mol. The third-order valence-electron chi connectivity index (χ3n) is 4.09. The summed E-state index contributed by atoms with van der Waals surface area (Å²) in [6.07, 6.45) is 3.01. The Balaban J connectivity index is 2.06. The van der Waals surface area contributed by atoms with Gasteiger partial charge in [0.1, 0.15) is 12.7 Å². The molecule has 5 heteroatoms. The van der Waals surface area contributed by atoms with Crippen LogP contribution in [0.4, 0.5) is 0 Å². The first-order chi connectivity index (χ1) is 11.1. The highest BCUT2D eigenvalue weighted by atomic mass is 16.5. The molecule has 1 aliphatic heterocycles. The minimum Gasteiger partial charge on any atom is -0.493 e. The molecule has 2 unspecified atom stereocenters. The van der Waals surface area contributed by atoms with Gasteiger partial charge in [-0.3, -0.25) is 4.79 Å². The third-order valence-corrected chi connectivity index (χ3v) is 4.09. The predicted octanol–water partition coefficient (Wildman–Crippen LogP) is 3.12. The van der Waals surface area contributed by atoms with E-state index in [-0.39, 0.29) is 12.4 Å². The fourth-order valence-corrected chi connectivity index (χ4v) is 2.63. The molecule has 1 aliphatic rings. The lowest BCUT2D eigenvalue weighted by molar-refractivity contribution is 0.0334. The van der Waals surface area contributed by atoms with Crippen LogP contribution in [0.3, 0.4) is 0 Å². The van der Waals surface area contributed by atoms with Crippen LogP contribution in [-0.2, 0) is 11.3 Å². The van der Waals surface area contributed by atoms with E-state index in [2.05, 4.69) is 6.92 Å². The molecule has 0 saturated heterocycles. The number of Topliss-reactive ketones (excluding diaryl/α,β-unsaturated/α-hetero) is 1. The molecule has 5 nitrogen and oxygen atoms in total. The van der Waals surface area contributed by atoms with E-state index in [1.165, 1.54) is 0 Å². The standard InChI is InChI=1S/C18H26O5/c1-4-5-6-7-14(19)11-23-17-8-13-10-22-12(2)18(20)15(13)9-16(17)21-3/h8-9,12,14,19H,4-7,10-11H2,1-3H3. The molecular formula is C18H26O5. The number of carbonyl (C=O) groups is 1. The summed E-state index contributed by atoms with van der Waals surface area (Å²) >= 11 is 0. The molecule has 128 valence electrons. The van der Waals surface area contributed by atoms with E-state index in [1.807, 2.05) is 0 Å². The summed E-state index contributed by atoms with van der Waals surface area (Å²) in [6, 6.07) is 3.48. The van der Waals surface area contributed by atoms with Gasteiger partial charge in [-0.2, -0.15) is 0 Å². The van der Waals surface area contributed by atoms with Gasteiger partial charge in [-0.05, 0) is 31.0 Å². The zero-order valence-electron chi connectivity index (χ0n) is 14.1. The minimum absolute atomic E-state index is 0.0456. The molecule has 1 N–H and O–H groups in total. The van der Waals surface area contributed by atoms with E-state index in [0.717, 1.165) is 31.2 Å². The Bertz CT molecular complexity index is 540. The molecule has 0 bridgehead atoms. The Morgan fingerprint density at radius 3 is 2.83 bits per heavy atom. The second kappa shape index (κ2) is 8.31. The van der Waals surface area contributed by atoms with E-state index >= 15 is 0 Å². The maximum atomic E-state index is 12.1. The van der Waals surface area contributed by atoms with Crippen LogP contribution < -0.4 is 9.47 Å². The van der Waals surface area contributed by atoms with Gasteiger partial charge in [0.2, 0.25) is 0 Å². The molecule has 0 radical (unpaired) electrons. The topological polar surface area (TPSA) is 65.0 Å². The number of aliphatic hydroxyl groups excluding tert-OH is 1. The van der Waals surface area contributed by atoms with Crippen molar-refractivity contribution < 1.29 is 24.1 Å². The molecule has 2 rings (SSSR count). The Kier molecular flexibility index (Phi) is 6.42. The smallest absolute Gasteiger partial charge is 0.191 e. The SMILES string of the molecule is CCCCCC(O)COc1cc2c(cc1OC)C(=O)C(C)OC2. The minimum atomic E-state index is -0.500. The van der Waals surface area contributed by atoms with E-state index < -0.39 is 12.2 Å². The van der Waals surface area contributed by atoms with Crippen molar-refractivity contribution in [1.29, 1.82) is 0 Å². The monoisotopic (exact) mass is 322 g/mol. The van der Waals surface area contributed by atoms with Crippen molar-refractivity contribution in [3.05, 3.63) is 23.3 Å².